The molecular formula is C14H14N8O3. The molecule has 0 aliphatic heterocycles. The maximum atomic E-state index is 12.3. The standard InChI is InChI=1S/C14H14N8O3/c1-2-9-11(17-21-22(9)13-12(15)19-25-20-13)14(24)18-16-7-8-5-3-4-6-10(8)23/h3-7,23H,2H2,1H3,(H2,15,19)(H,18,24). The molecule has 3 rings (SSSR count). The number of phenols is 1. The predicted octanol–water partition coefficient (Wildman–Crippen LogP) is 0.264. The van der Waals surface area contributed by atoms with Crippen molar-refractivity contribution in [3.05, 3.63) is 41.2 Å². The number of carbonyl (C=O) groups excluding carboxylic acids is 1. The number of nitrogens with zero attached hydrogens (tertiary/aromatic N) is 6. The number of nitrogen functional groups attached to an aromatic ring is 1. The number of anilines is 1. The highest BCUT2D eigenvalue weighted by molar-refractivity contribution is 5.94. The van der Waals surface area contributed by atoms with Crippen LogP contribution >= 0.6 is 0 Å². The highest BCUT2D eigenvalue weighted by Gasteiger charge is 2.22. The molecule has 0 saturated heterocycles. The van der Waals surface area contributed by atoms with Gasteiger partial charge in [-0.15, -0.1) is 5.10 Å². The quantitative estimate of drug-likeness (QED) is 0.440. The molecule has 3 aromatic rings. The second-order valence-electron chi connectivity index (χ2n) is 4.88. The van der Waals surface area contributed by atoms with Crippen molar-refractivity contribution < 1.29 is 14.5 Å². The van der Waals surface area contributed by atoms with Crippen molar-refractivity contribution in [2.45, 2.75) is 13.3 Å². The molecule has 0 unspecified atom stereocenters. The van der Waals surface area contributed by atoms with E-state index in [0.29, 0.717) is 17.7 Å². The van der Waals surface area contributed by atoms with E-state index >= 15 is 0 Å². The number of carbonyl (C=O) groups is 1. The van der Waals surface area contributed by atoms with Gasteiger partial charge in [0.15, 0.2) is 5.69 Å². The largest absolute Gasteiger partial charge is 0.507 e. The fourth-order valence-corrected chi connectivity index (χ4v) is 2.11. The van der Waals surface area contributed by atoms with E-state index < -0.39 is 5.91 Å². The van der Waals surface area contributed by atoms with Crippen LogP contribution in [0, 0.1) is 0 Å². The fourth-order valence-electron chi connectivity index (χ4n) is 2.11. The first kappa shape index (κ1) is 16.1. The fraction of sp³-hybridized carbons (Fsp3) is 0.143. The number of benzene rings is 1. The molecule has 2 aromatic heterocycles. The van der Waals surface area contributed by atoms with Gasteiger partial charge in [-0.05, 0) is 28.9 Å². The van der Waals surface area contributed by atoms with Gasteiger partial charge in [0.2, 0.25) is 11.6 Å². The van der Waals surface area contributed by atoms with E-state index in [9.17, 15) is 9.90 Å². The Labute approximate surface area is 141 Å². The molecule has 25 heavy (non-hydrogen) atoms. The number of rotatable bonds is 5. The molecule has 0 aliphatic rings. The second-order valence-corrected chi connectivity index (χ2v) is 4.88. The Kier molecular flexibility index (Phi) is 4.37. The Morgan fingerprint density at radius 2 is 2.24 bits per heavy atom. The first-order valence-corrected chi connectivity index (χ1v) is 7.26. The minimum absolute atomic E-state index is 0.0316. The molecule has 0 saturated carbocycles. The molecule has 0 aliphatic carbocycles. The van der Waals surface area contributed by atoms with Crippen LogP contribution in [0.25, 0.3) is 5.82 Å². The summed E-state index contributed by atoms with van der Waals surface area (Å²) in [6.07, 6.45) is 1.76. The van der Waals surface area contributed by atoms with E-state index in [-0.39, 0.29) is 23.1 Å². The summed E-state index contributed by atoms with van der Waals surface area (Å²) in [5.41, 5.74) is 8.97. The molecule has 0 radical (unpaired) electrons. The third-order valence-electron chi connectivity index (χ3n) is 3.32. The molecule has 128 valence electrons. The highest BCUT2D eigenvalue weighted by Crippen LogP contribution is 2.16. The zero-order valence-corrected chi connectivity index (χ0v) is 13.1. The molecule has 1 aromatic carbocycles. The molecular weight excluding hydrogens is 328 g/mol. The van der Waals surface area contributed by atoms with E-state index in [2.05, 4.69) is 35.8 Å². The second kappa shape index (κ2) is 6.78. The van der Waals surface area contributed by atoms with Gasteiger partial charge in [-0.25, -0.2) is 10.1 Å². The molecule has 0 spiro atoms. The van der Waals surface area contributed by atoms with E-state index in [1.807, 2.05) is 6.92 Å². The maximum absolute atomic E-state index is 12.3. The molecule has 0 fully saturated rings. The number of amides is 1. The number of aromatic hydroxyl groups is 1. The first-order valence-electron chi connectivity index (χ1n) is 7.26. The number of hydrazone groups is 1. The molecule has 0 bridgehead atoms. The van der Waals surface area contributed by atoms with Crippen molar-refractivity contribution >= 4 is 17.9 Å². The Hall–Kier alpha value is -3.76. The van der Waals surface area contributed by atoms with Crippen LogP contribution in [0.2, 0.25) is 0 Å². The summed E-state index contributed by atoms with van der Waals surface area (Å²) < 4.78 is 5.82. The Balaban J connectivity index is 1.80. The summed E-state index contributed by atoms with van der Waals surface area (Å²) >= 11 is 0. The number of hydrogen-bond donors (Lipinski definition) is 3. The zero-order chi connectivity index (χ0) is 17.8. The van der Waals surface area contributed by atoms with Gasteiger partial charge in [-0.2, -0.15) is 9.78 Å². The summed E-state index contributed by atoms with van der Waals surface area (Å²) in [5, 5.41) is 28.3. The van der Waals surface area contributed by atoms with Gasteiger partial charge in [0.05, 0.1) is 11.9 Å². The molecule has 11 heteroatoms. The lowest BCUT2D eigenvalue weighted by molar-refractivity contribution is 0.0949. The average molecular weight is 342 g/mol. The minimum Gasteiger partial charge on any atom is -0.507 e. The molecule has 4 N–H and O–H groups in total. The van der Waals surface area contributed by atoms with Crippen LogP contribution in [0.15, 0.2) is 34.0 Å². The zero-order valence-electron chi connectivity index (χ0n) is 13.1. The lowest BCUT2D eigenvalue weighted by Gasteiger charge is -2.02. The summed E-state index contributed by atoms with van der Waals surface area (Å²) in [6, 6.07) is 6.58. The number of nitrogens with two attached hydrogens (primary N) is 1. The van der Waals surface area contributed by atoms with Crippen molar-refractivity contribution in [2.24, 2.45) is 5.10 Å². The SMILES string of the molecule is CCc1c(C(=O)NN=Cc2ccccc2O)nnn1-c1nonc1N. The summed E-state index contributed by atoms with van der Waals surface area (Å²) in [4.78, 5) is 12.3. The normalized spacial score (nSPS) is 11.1. The van der Waals surface area contributed by atoms with Gasteiger partial charge in [-0.1, -0.05) is 24.3 Å². The van der Waals surface area contributed by atoms with Crippen molar-refractivity contribution in [1.29, 1.82) is 0 Å². The monoisotopic (exact) mass is 342 g/mol. The molecule has 11 nitrogen and oxygen atoms in total. The topological polar surface area (TPSA) is 157 Å². The van der Waals surface area contributed by atoms with E-state index in [0.717, 1.165) is 0 Å². The van der Waals surface area contributed by atoms with Crippen LogP contribution in [-0.4, -0.2) is 42.5 Å². The minimum atomic E-state index is -0.565. The maximum Gasteiger partial charge on any atom is 0.293 e. The van der Waals surface area contributed by atoms with Crippen molar-refractivity contribution in [3.8, 4) is 11.6 Å². The first-order chi connectivity index (χ1) is 12.1. The molecule has 2 heterocycles. The number of para-hydroxylation sites is 1. The van der Waals surface area contributed by atoms with Gasteiger partial charge >= 0.3 is 0 Å². The number of aromatic nitrogens is 5. The van der Waals surface area contributed by atoms with Crippen molar-refractivity contribution in [3.63, 3.8) is 0 Å². The van der Waals surface area contributed by atoms with Gasteiger partial charge in [-0.3, -0.25) is 4.79 Å². The number of hydrogen-bond acceptors (Lipinski definition) is 9. The van der Waals surface area contributed by atoms with Crippen molar-refractivity contribution in [2.75, 3.05) is 5.73 Å². The summed E-state index contributed by atoms with van der Waals surface area (Å²) in [5.74, 6) is -0.329. The summed E-state index contributed by atoms with van der Waals surface area (Å²) in [7, 11) is 0. The molecule has 1 amide bonds. The van der Waals surface area contributed by atoms with E-state index in [4.69, 9.17) is 5.73 Å². The van der Waals surface area contributed by atoms with E-state index in [1.54, 1.807) is 18.2 Å². The smallest absolute Gasteiger partial charge is 0.293 e. The Morgan fingerprint density at radius 1 is 1.44 bits per heavy atom. The van der Waals surface area contributed by atoms with Crippen LogP contribution in [0.3, 0.4) is 0 Å². The third kappa shape index (κ3) is 3.15. The number of phenolic OH excluding ortho intramolecular Hbond substituents is 1. The highest BCUT2D eigenvalue weighted by atomic mass is 16.6. The van der Waals surface area contributed by atoms with Gasteiger partial charge in [0, 0.05) is 5.56 Å². The van der Waals surface area contributed by atoms with Gasteiger partial charge in [0.1, 0.15) is 5.75 Å². The van der Waals surface area contributed by atoms with Gasteiger partial charge in [0.25, 0.3) is 5.91 Å². The van der Waals surface area contributed by atoms with Crippen LogP contribution in [0.5, 0.6) is 5.75 Å². The van der Waals surface area contributed by atoms with Gasteiger partial charge < -0.3 is 10.8 Å². The predicted molar refractivity (Wildman–Crippen MR) is 86.2 cm³/mol. The third-order valence-corrected chi connectivity index (χ3v) is 3.32. The average Bonchev–Trinajstić information content (AvgIpc) is 3.21. The van der Waals surface area contributed by atoms with Crippen LogP contribution < -0.4 is 11.2 Å². The van der Waals surface area contributed by atoms with E-state index in [1.165, 1.54) is 17.0 Å². The van der Waals surface area contributed by atoms with Crippen LogP contribution in [0.4, 0.5) is 5.82 Å². The van der Waals surface area contributed by atoms with Crippen LogP contribution in [0.1, 0.15) is 28.7 Å². The van der Waals surface area contributed by atoms with Crippen molar-refractivity contribution in [1.82, 2.24) is 30.7 Å². The summed E-state index contributed by atoms with van der Waals surface area (Å²) in [6.45, 7) is 1.82. The Morgan fingerprint density at radius 3 is 2.92 bits per heavy atom. The lowest BCUT2D eigenvalue weighted by Crippen LogP contribution is -2.20. The lowest BCUT2D eigenvalue weighted by atomic mass is 10.2. The Bertz CT molecular complexity index is 930. The van der Waals surface area contributed by atoms with Crippen LogP contribution in [-0.2, 0) is 6.42 Å². The molecule has 0 atom stereocenters. The number of nitrogens with one attached hydrogen (secondary N) is 1.